The van der Waals surface area contributed by atoms with Crippen LogP contribution in [0.25, 0.3) is 0 Å². The number of nitrogens with zero attached hydrogens (tertiary/aromatic N) is 2. The molecule has 2 aromatic carbocycles. The van der Waals surface area contributed by atoms with E-state index in [4.69, 9.17) is 0 Å². The molecule has 0 aliphatic heterocycles. The Kier molecular flexibility index (Phi) is 7.02. The van der Waals surface area contributed by atoms with Crippen LogP contribution in [-0.2, 0) is 6.18 Å². The molecular formula is C15H12F4N2O6. The van der Waals surface area contributed by atoms with Crippen LogP contribution >= 0.6 is 0 Å². The van der Waals surface area contributed by atoms with Gasteiger partial charge in [0.25, 0.3) is 11.4 Å². The third kappa shape index (κ3) is 5.80. The largest absolute Gasteiger partial charge is 0.496 e. The molecule has 12 heteroatoms. The van der Waals surface area contributed by atoms with Gasteiger partial charge in [0.2, 0.25) is 0 Å². The third-order valence-electron chi connectivity index (χ3n) is 3.05. The quantitative estimate of drug-likeness (QED) is 0.435. The Balaban J connectivity index is 0.000000277. The van der Waals surface area contributed by atoms with Crippen molar-refractivity contribution in [3.63, 3.8) is 0 Å². The van der Waals surface area contributed by atoms with E-state index in [1.165, 1.54) is 19.2 Å². The van der Waals surface area contributed by atoms with Gasteiger partial charge in [0.15, 0.2) is 11.6 Å². The summed E-state index contributed by atoms with van der Waals surface area (Å²) >= 11 is 0. The maximum Gasteiger partial charge on any atom is 0.420 e. The highest BCUT2D eigenvalue weighted by Crippen LogP contribution is 2.38. The number of ether oxygens (including phenoxy) is 2. The average molecular weight is 392 g/mol. The van der Waals surface area contributed by atoms with Crippen LogP contribution in [0, 0.1) is 26.0 Å². The van der Waals surface area contributed by atoms with Gasteiger partial charge in [-0.15, -0.1) is 0 Å². The number of nitro groups is 2. The standard InChI is InChI=1S/C8H6F3NO3.C7H6FNO3/c1-15-7-3-2-5(12(13)14)4-6(7)8(9,10)11;1-12-7-3-2-5(9(10)11)4-6(7)8/h2-4H,1H3;2-4H,1H3. The van der Waals surface area contributed by atoms with Crippen molar-refractivity contribution in [1.82, 2.24) is 0 Å². The molecule has 0 aromatic heterocycles. The summed E-state index contributed by atoms with van der Waals surface area (Å²) in [6, 6.07) is 5.53. The second-order valence-electron chi connectivity index (χ2n) is 4.72. The molecule has 0 heterocycles. The summed E-state index contributed by atoms with van der Waals surface area (Å²) in [6.07, 6.45) is -4.67. The van der Waals surface area contributed by atoms with Gasteiger partial charge in [-0.1, -0.05) is 0 Å². The SMILES string of the molecule is COc1ccc([N+](=O)[O-])cc1C(F)(F)F.COc1ccc([N+](=O)[O-])cc1F. The van der Waals surface area contributed by atoms with E-state index in [0.717, 1.165) is 25.3 Å². The lowest BCUT2D eigenvalue weighted by atomic mass is 10.1. The van der Waals surface area contributed by atoms with Crippen molar-refractivity contribution < 1.29 is 36.9 Å². The molecule has 0 aliphatic rings. The van der Waals surface area contributed by atoms with Crippen LogP contribution in [0.2, 0.25) is 0 Å². The van der Waals surface area contributed by atoms with E-state index in [1.54, 1.807) is 0 Å². The highest BCUT2D eigenvalue weighted by molar-refractivity contribution is 5.45. The minimum Gasteiger partial charge on any atom is -0.496 e. The van der Waals surface area contributed by atoms with E-state index in [-0.39, 0.29) is 11.4 Å². The molecule has 0 aliphatic carbocycles. The summed E-state index contributed by atoms with van der Waals surface area (Å²) in [5.74, 6) is -1.17. The number of alkyl halides is 3. The summed E-state index contributed by atoms with van der Waals surface area (Å²) in [5.41, 5.74) is -2.06. The maximum absolute atomic E-state index is 12.8. The fourth-order valence-electron chi connectivity index (χ4n) is 1.80. The number of halogens is 4. The van der Waals surface area contributed by atoms with Crippen LogP contribution < -0.4 is 9.47 Å². The number of methoxy groups -OCH3 is 2. The molecule has 146 valence electrons. The van der Waals surface area contributed by atoms with Crippen LogP contribution in [0.1, 0.15) is 5.56 Å². The number of nitro benzene ring substituents is 2. The van der Waals surface area contributed by atoms with Crippen molar-refractivity contribution in [2.24, 2.45) is 0 Å². The zero-order valence-corrected chi connectivity index (χ0v) is 13.8. The van der Waals surface area contributed by atoms with Crippen molar-refractivity contribution in [2.75, 3.05) is 14.2 Å². The van der Waals surface area contributed by atoms with Crippen molar-refractivity contribution in [3.05, 3.63) is 68.0 Å². The van der Waals surface area contributed by atoms with Gasteiger partial charge in [-0.2, -0.15) is 13.2 Å². The summed E-state index contributed by atoms with van der Waals surface area (Å²) in [4.78, 5) is 18.9. The second-order valence-corrected chi connectivity index (χ2v) is 4.72. The molecule has 0 fully saturated rings. The molecule has 0 bridgehead atoms. The van der Waals surface area contributed by atoms with E-state index in [1.807, 2.05) is 0 Å². The van der Waals surface area contributed by atoms with Crippen molar-refractivity contribution >= 4 is 11.4 Å². The molecule has 2 aromatic rings. The Bertz CT molecular complexity index is 842. The fourth-order valence-corrected chi connectivity index (χ4v) is 1.80. The van der Waals surface area contributed by atoms with Crippen LogP contribution in [0.5, 0.6) is 11.5 Å². The van der Waals surface area contributed by atoms with Crippen molar-refractivity contribution in [1.29, 1.82) is 0 Å². The van der Waals surface area contributed by atoms with Crippen LogP contribution in [0.4, 0.5) is 28.9 Å². The van der Waals surface area contributed by atoms with Gasteiger partial charge in [-0.05, 0) is 12.1 Å². The average Bonchev–Trinajstić information content (AvgIpc) is 2.60. The molecule has 8 nitrogen and oxygen atoms in total. The van der Waals surface area contributed by atoms with Gasteiger partial charge in [0.1, 0.15) is 11.3 Å². The van der Waals surface area contributed by atoms with Crippen molar-refractivity contribution in [2.45, 2.75) is 6.18 Å². The number of benzene rings is 2. The van der Waals surface area contributed by atoms with E-state index in [0.29, 0.717) is 6.07 Å². The number of rotatable bonds is 4. The number of hydrogen-bond acceptors (Lipinski definition) is 6. The third-order valence-corrected chi connectivity index (χ3v) is 3.05. The normalized spacial score (nSPS) is 10.4. The molecule has 0 saturated carbocycles. The molecule has 0 spiro atoms. The van der Waals surface area contributed by atoms with Gasteiger partial charge >= 0.3 is 6.18 Å². The molecular weight excluding hydrogens is 380 g/mol. The molecule has 0 unspecified atom stereocenters. The molecule has 2 rings (SSSR count). The molecule has 0 amide bonds. The minimum atomic E-state index is -4.67. The lowest BCUT2D eigenvalue weighted by Gasteiger charge is -2.10. The smallest absolute Gasteiger partial charge is 0.420 e. The summed E-state index contributed by atoms with van der Waals surface area (Å²) in [6.45, 7) is 0. The van der Waals surface area contributed by atoms with Crippen LogP contribution in [0.3, 0.4) is 0 Å². The first kappa shape index (κ1) is 21.6. The highest BCUT2D eigenvalue weighted by atomic mass is 19.4. The second kappa shape index (κ2) is 8.78. The van der Waals surface area contributed by atoms with Crippen LogP contribution in [-0.4, -0.2) is 24.1 Å². The Hall–Kier alpha value is -3.44. The molecule has 0 atom stereocenters. The fraction of sp³-hybridized carbons (Fsp3) is 0.200. The zero-order valence-electron chi connectivity index (χ0n) is 13.8. The van der Waals surface area contributed by atoms with Crippen molar-refractivity contribution in [3.8, 4) is 11.5 Å². The first-order valence-corrected chi connectivity index (χ1v) is 6.88. The van der Waals surface area contributed by atoms with E-state index >= 15 is 0 Å². The van der Waals surface area contributed by atoms with E-state index in [9.17, 15) is 37.8 Å². The monoisotopic (exact) mass is 392 g/mol. The number of non-ortho nitro benzene ring substituents is 2. The first-order valence-electron chi connectivity index (χ1n) is 6.88. The Morgan fingerprint density at radius 3 is 1.67 bits per heavy atom. The summed E-state index contributed by atoms with van der Waals surface area (Å²) in [7, 11) is 2.36. The zero-order chi connectivity index (χ0) is 20.8. The lowest BCUT2D eigenvalue weighted by Crippen LogP contribution is -2.08. The highest BCUT2D eigenvalue weighted by Gasteiger charge is 2.35. The Morgan fingerprint density at radius 1 is 0.852 bits per heavy atom. The Labute approximate surface area is 149 Å². The predicted molar refractivity (Wildman–Crippen MR) is 84.3 cm³/mol. The molecule has 0 radical (unpaired) electrons. The molecule has 0 N–H and O–H groups in total. The minimum absolute atomic E-state index is 0.000556. The van der Waals surface area contributed by atoms with Gasteiger partial charge < -0.3 is 9.47 Å². The van der Waals surface area contributed by atoms with Crippen LogP contribution in [0.15, 0.2) is 36.4 Å². The predicted octanol–water partition coefficient (Wildman–Crippen LogP) is 4.36. The van der Waals surface area contributed by atoms with E-state index in [2.05, 4.69) is 9.47 Å². The first-order chi connectivity index (χ1) is 12.5. The molecule has 27 heavy (non-hydrogen) atoms. The maximum atomic E-state index is 12.8. The van der Waals surface area contributed by atoms with Gasteiger partial charge in [-0.3, -0.25) is 20.2 Å². The Morgan fingerprint density at radius 2 is 1.30 bits per heavy atom. The summed E-state index contributed by atoms with van der Waals surface area (Å²) in [5, 5.41) is 20.4. The lowest BCUT2D eigenvalue weighted by molar-refractivity contribution is -0.385. The van der Waals surface area contributed by atoms with Gasteiger partial charge in [0, 0.05) is 18.2 Å². The topological polar surface area (TPSA) is 105 Å². The van der Waals surface area contributed by atoms with Gasteiger partial charge in [-0.25, -0.2) is 4.39 Å². The van der Waals surface area contributed by atoms with E-state index < -0.39 is 38.8 Å². The molecule has 0 saturated heterocycles. The summed E-state index contributed by atoms with van der Waals surface area (Å²) < 4.78 is 59.0. The number of hydrogen-bond donors (Lipinski definition) is 0. The van der Waals surface area contributed by atoms with Gasteiger partial charge in [0.05, 0.1) is 30.1 Å².